The highest BCUT2D eigenvalue weighted by Gasteiger charge is 2.16. The molecule has 0 aliphatic heterocycles. The number of aromatic amines is 1. The van der Waals surface area contributed by atoms with E-state index >= 15 is 0 Å². The second kappa shape index (κ2) is 7.64. The zero-order valence-electron chi connectivity index (χ0n) is 12.1. The van der Waals surface area contributed by atoms with E-state index in [-0.39, 0.29) is 33.4 Å². The van der Waals surface area contributed by atoms with Gasteiger partial charge in [0.25, 0.3) is 5.82 Å². The molecule has 0 bridgehead atoms. The van der Waals surface area contributed by atoms with Gasteiger partial charge in [-0.2, -0.15) is 10.5 Å². The summed E-state index contributed by atoms with van der Waals surface area (Å²) < 4.78 is 13.6. The van der Waals surface area contributed by atoms with E-state index in [1.165, 1.54) is 18.2 Å². The number of rotatable bonds is 4. The van der Waals surface area contributed by atoms with E-state index in [1.54, 1.807) is 0 Å². The SMILES string of the molecule is N#Cc1cc(C#N)c(SCC(=O)Nc2ccc(Cl)cc2F)[nH+]c1N. The van der Waals surface area contributed by atoms with Gasteiger partial charge in [0.1, 0.15) is 29.1 Å². The Kier molecular flexibility index (Phi) is 5.59. The smallest absolute Gasteiger partial charge is 0.289 e. The first-order valence-corrected chi connectivity index (χ1v) is 7.84. The molecule has 0 atom stereocenters. The van der Waals surface area contributed by atoms with E-state index in [0.717, 1.165) is 17.8 Å². The maximum atomic E-state index is 13.6. The number of pyridine rings is 1. The molecule has 0 spiro atoms. The van der Waals surface area contributed by atoms with Crippen LogP contribution in [0.2, 0.25) is 5.02 Å². The average molecular weight is 363 g/mol. The van der Waals surface area contributed by atoms with Crippen molar-refractivity contribution in [2.75, 3.05) is 16.8 Å². The molecule has 24 heavy (non-hydrogen) atoms. The summed E-state index contributed by atoms with van der Waals surface area (Å²) in [5.41, 5.74) is 6.00. The van der Waals surface area contributed by atoms with Crippen LogP contribution >= 0.6 is 23.4 Å². The number of carbonyl (C=O) groups is 1. The van der Waals surface area contributed by atoms with Crippen LogP contribution in [-0.4, -0.2) is 11.7 Å². The van der Waals surface area contributed by atoms with Gasteiger partial charge in [0.2, 0.25) is 5.91 Å². The lowest BCUT2D eigenvalue weighted by atomic mass is 10.2. The van der Waals surface area contributed by atoms with Gasteiger partial charge in [0.05, 0.1) is 11.4 Å². The molecule has 0 saturated carbocycles. The van der Waals surface area contributed by atoms with Crippen LogP contribution in [0.4, 0.5) is 15.9 Å². The summed E-state index contributed by atoms with van der Waals surface area (Å²) in [6, 6.07) is 9.02. The summed E-state index contributed by atoms with van der Waals surface area (Å²) in [4.78, 5) is 14.6. The molecule has 0 radical (unpaired) electrons. The topological polar surface area (TPSA) is 117 Å². The molecule has 0 aliphatic rings. The number of halogens is 2. The molecule has 0 aliphatic carbocycles. The number of H-pyrrole nitrogens is 1. The highest BCUT2D eigenvalue weighted by atomic mass is 35.5. The Morgan fingerprint density at radius 2 is 2.04 bits per heavy atom. The lowest BCUT2D eigenvalue weighted by molar-refractivity contribution is -0.410. The third-order valence-corrected chi connectivity index (χ3v) is 4.12. The van der Waals surface area contributed by atoms with Crippen molar-refractivity contribution in [3.05, 3.63) is 46.2 Å². The maximum absolute atomic E-state index is 13.6. The zero-order chi connectivity index (χ0) is 17.7. The number of nitrogens with two attached hydrogens (primary N) is 1. The Balaban J connectivity index is 2.08. The summed E-state index contributed by atoms with van der Waals surface area (Å²) in [5.74, 6) is -1.10. The molecule has 0 fully saturated rings. The van der Waals surface area contributed by atoms with Gasteiger partial charge in [-0.3, -0.25) is 10.5 Å². The maximum Gasteiger partial charge on any atom is 0.289 e. The molecule has 4 N–H and O–H groups in total. The first kappa shape index (κ1) is 17.5. The van der Waals surface area contributed by atoms with E-state index in [2.05, 4.69) is 10.3 Å². The van der Waals surface area contributed by atoms with Crippen molar-refractivity contribution in [3.63, 3.8) is 0 Å². The minimum atomic E-state index is -0.646. The number of anilines is 2. The van der Waals surface area contributed by atoms with Crippen molar-refractivity contribution in [1.29, 1.82) is 10.5 Å². The van der Waals surface area contributed by atoms with E-state index in [1.807, 2.05) is 12.1 Å². The fourth-order valence-electron chi connectivity index (χ4n) is 1.75. The summed E-state index contributed by atoms with van der Waals surface area (Å²) in [5, 5.41) is 21.0. The number of benzene rings is 1. The molecular weight excluding hydrogens is 353 g/mol. The lowest BCUT2D eigenvalue weighted by Crippen LogP contribution is -2.20. The van der Waals surface area contributed by atoms with Crippen LogP contribution in [0.15, 0.2) is 29.3 Å². The molecule has 6 nitrogen and oxygen atoms in total. The van der Waals surface area contributed by atoms with Crippen LogP contribution in [0.1, 0.15) is 11.1 Å². The molecule has 120 valence electrons. The molecule has 2 rings (SSSR count). The van der Waals surface area contributed by atoms with Crippen LogP contribution in [0.3, 0.4) is 0 Å². The molecular formula is C15H10ClFN5OS+. The van der Waals surface area contributed by atoms with Crippen molar-refractivity contribution in [1.82, 2.24) is 0 Å². The monoisotopic (exact) mass is 362 g/mol. The van der Waals surface area contributed by atoms with E-state index in [9.17, 15) is 9.18 Å². The van der Waals surface area contributed by atoms with Gasteiger partial charge in [0.15, 0.2) is 5.03 Å². The largest absolute Gasteiger partial charge is 0.323 e. The molecule has 2 aromatic rings. The number of amides is 1. The summed E-state index contributed by atoms with van der Waals surface area (Å²) in [6.07, 6.45) is 0. The summed E-state index contributed by atoms with van der Waals surface area (Å²) in [7, 11) is 0. The van der Waals surface area contributed by atoms with Crippen molar-refractivity contribution in [3.8, 4) is 12.1 Å². The van der Waals surface area contributed by atoms with E-state index < -0.39 is 11.7 Å². The van der Waals surface area contributed by atoms with Gasteiger partial charge in [-0.15, -0.1) is 0 Å². The lowest BCUT2D eigenvalue weighted by Gasteiger charge is -2.06. The Labute approximate surface area is 146 Å². The first-order chi connectivity index (χ1) is 11.4. The van der Waals surface area contributed by atoms with Crippen molar-refractivity contribution >= 4 is 40.8 Å². The van der Waals surface area contributed by atoms with Gasteiger partial charge >= 0.3 is 0 Å². The van der Waals surface area contributed by atoms with Crippen LogP contribution in [0, 0.1) is 28.5 Å². The van der Waals surface area contributed by atoms with Crippen LogP contribution < -0.4 is 16.0 Å². The fraction of sp³-hybridized carbons (Fsp3) is 0.0667. The van der Waals surface area contributed by atoms with Crippen LogP contribution in [-0.2, 0) is 4.79 Å². The Hall–Kier alpha value is -2.81. The van der Waals surface area contributed by atoms with Crippen LogP contribution in [0.25, 0.3) is 0 Å². The number of nitrogens with zero attached hydrogens (tertiary/aromatic N) is 2. The number of carbonyl (C=O) groups excluding carboxylic acids is 1. The summed E-state index contributed by atoms with van der Waals surface area (Å²) in [6.45, 7) is 0. The van der Waals surface area contributed by atoms with Gasteiger partial charge in [-0.25, -0.2) is 9.37 Å². The predicted octanol–water partition coefficient (Wildman–Crippen LogP) is 2.35. The average Bonchev–Trinajstić information content (AvgIpc) is 2.55. The van der Waals surface area contributed by atoms with Crippen molar-refractivity contribution in [2.45, 2.75) is 5.03 Å². The highest BCUT2D eigenvalue weighted by molar-refractivity contribution is 7.99. The van der Waals surface area contributed by atoms with Gasteiger partial charge in [-0.05, 0) is 24.3 Å². The number of aromatic nitrogens is 1. The second-order valence-corrected chi connectivity index (χ2v) is 5.95. The number of nitrogen functional groups attached to an aromatic ring is 1. The minimum absolute atomic E-state index is 0.00817. The normalized spacial score (nSPS) is 9.83. The fourth-order valence-corrected chi connectivity index (χ4v) is 2.70. The molecule has 0 saturated heterocycles. The quantitative estimate of drug-likeness (QED) is 0.809. The number of hydrogen-bond acceptors (Lipinski definition) is 5. The van der Waals surface area contributed by atoms with Gasteiger partial charge < -0.3 is 5.32 Å². The molecule has 1 amide bonds. The third kappa shape index (κ3) is 4.13. The molecule has 1 heterocycles. The molecule has 1 aromatic carbocycles. The standard InChI is InChI=1S/C15H9ClFN5OS/c16-10-1-2-12(11(17)4-10)21-13(23)7-24-15-9(6-19)3-8(5-18)14(20)22-15/h1-4H,7H2,(H2,20,22)(H,21,23)/p+1. The second-order valence-electron chi connectivity index (χ2n) is 4.52. The number of hydrogen-bond donors (Lipinski definition) is 2. The summed E-state index contributed by atoms with van der Waals surface area (Å²) >= 11 is 6.65. The van der Waals surface area contributed by atoms with Crippen LogP contribution in [0.5, 0.6) is 0 Å². The zero-order valence-corrected chi connectivity index (χ0v) is 13.6. The van der Waals surface area contributed by atoms with E-state index in [0.29, 0.717) is 5.03 Å². The molecule has 9 heteroatoms. The highest BCUT2D eigenvalue weighted by Crippen LogP contribution is 2.22. The third-order valence-electron chi connectivity index (χ3n) is 2.87. The Morgan fingerprint density at radius 1 is 1.33 bits per heavy atom. The van der Waals surface area contributed by atoms with E-state index in [4.69, 9.17) is 27.9 Å². The van der Waals surface area contributed by atoms with Crippen molar-refractivity contribution in [2.24, 2.45) is 0 Å². The molecule has 1 aromatic heterocycles. The minimum Gasteiger partial charge on any atom is -0.323 e. The molecule has 0 unspecified atom stereocenters. The Morgan fingerprint density at radius 3 is 2.67 bits per heavy atom. The first-order valence-electron chi connectivity index (χ1n) is 6.48. The predicted molar refractivity (Wildman–Crippen MR) is 87.6 cm³/mol. The number of nitriles is 2. The Bertz CT molecular complexity index is 891. The van der Waals surface area contributed by atoms with Gasteiger partial charge in [-0.1, -0.05) is 23.4 Å². The number of nitrogens with one attached hydrogen (secondary N) is 2. The number of thioether (sulfide) groups is 1. The van der Waals surface area contributed by atoms with Gasteiger partial charge in [0, 0.05) is 5.02 Å². The van der Waals surface area contributed by atoms with Crippen molar-refractivity contribution < 1.29 is 14.2 Å².